The molecular formula is C15H23N5O3S2. The number of nitrogens with zero attached hydrogens (tertiary/aromatic N) is 5. The van der Waals surface area contributed by atoms with E-state index in [1.54, 1.807) is 13.8 Å². The fourth-order valence-corrected chi connectivity index (χ4v) is 5.51. The van der Waals surface area contributed by atoms with Crippen molar-refractivity contribution >= 4 is 26.7 Å². The third kappa shape index (κ3) is 3.56. The minimum absolute atomic E-state index is 0.193. The zero-order chi connectivity index (χ0) is 18.2. The van der Waals surface area contributed by atoms with Gasteiger partial charge in [0, 0.05) is 43.6 Å². The van der Waals surface area contributed by atoms with Crippen LogP contribution in [0.4, 0.5) is 5.13 Å². The maximum absolute atomic E-state index is 13.0. The lowest BCUT2D eigenvalue weighted by atomic mass is 10.2. The molecule has 0 unspecified atom stereocenters. The first-order valence-electron chi connectivity index (χ1n) is 8.32. The summed E-state index contributed by atoms with van der Waals surface area (Å²) in [6.07, 6.45) is 0.735. The van der Waals surface area contributed by atoms with Gasteiger partial charge in [-0.2, -0.15) is 8.68 Å². The lowest BCUT2D eigenvalue weighted by Crippen LogP contribution is -2.35. The topological polar surface area (TPSA) is 92.4 Å². The molecule has 1 saturated heterocycles. The Morgan fingerprint density at radius 2 is 1.92 bits per heavy atom. The van der Waals surface area contributed by atoms with Crippen LogP contribution in [-0.4, -0.2) is 53.4 Å². The fourth-order valence-electron chi connectivity index (χ4n) is 2.89. The van der Waals surface area contributed by atoms with E-state index < -0.39 is 10.0 Å². The van der Waals surface area contributed by atoms with E-state index in [1.165, 1.54) is 15.8 Å². The summed E-state index contributed by atoms with van der Waals surface area (Å²) < 4.78 is 36.9. The monoisotopic (exact) mass is 385 g/mol. The van der Waals surface area contributed by atoms with Gasteiger partial charge in [0.25, 0.3) is 0 Å². The Labute approximate surface area is 152 Å². The summed E-state index contributed by atoms with van der Waals surface area (Å²) >= 11 is 1.38. The Hall–Kier alpha value is -1.52. The Balaban J connectivity index is 1.77. The summed E-state index contributed by atoms with van der Waals surface area (Å²) in [5.74, 6) is 1.46. The summed E-state index contributed by atoms with van der Waals surface area (Å²) in [4.78, 5) is 6.89. The molecule has 0 N–H and O–H groups in total. The van der Waals surface area contributed by atoms with Crippen molar-refractivity contribution in [1.82, 2.24) is 18.8 Å². The molecule has 0 amide bonds. The molecule has 0 radical (unpaired) electrons. The van der Waals surface area contributed by atoms with Crippen molar-refractivity contribution < 1.29 is 12.9 Å². The predicted octanol–water partition coefficient (Wildman–Crippen LogP) is 2.17. The fraction of sp³-hybridized carbons (Fsp3) is 0.667. The van der Waals surface area contributed by atoms with Crippen LogP contribution in [0.1, 0.15) is 43.5 Å². The summed E-state index contributed by atoms with van der Waals surface area (Å²) in [5.41, 5.74) is 0.407. The molecule has 1 aliphatic rings. The second-order valence-corrected chi connectivity index (χ2v) is 9.09. The minimum Gasteiger partial charge on any atom is -0.360 e. The normalized spacial score (nSPS) is 17.2. The number of rotatable bonds is 4. The van der Waals surface area contributed by atoms with Gasteiger partial charge in [0.1, 0.15) is 16.4 Å². The summed E-state index contributed by atoms with van der Waals surface area (Å²) in [6.45, 7) is 9.64. The number of sulfonamides is 1. The van der Waals surface area contributed by atoms with Gasteiger partial charge >= 0.3 is 0 Å². The second-order valence-electron chi connectivity index (χ2n) is 6.49. The van der Waals surface area contributed by atoms with Crippen molar-refractivity contribution in [2.24, 2.45) is 0 Å². The van der Waals surface area contributed by atoms with Crippen molar-refractivity contribution in [3.05, 3.63) is 17.3 Å². The maximum Gasteiger partial charge on any atom is 0.248 e. The number of aromatic nitrogens is 3. The molecule has 138 valence electrons. The smallest absolute Gasteiger partial charge is 0.248 e. The van der Waals surface area contributed by atoms with Crippen LogP contribution in [0.25, 0.3) is 0 Å². The highest BCUT2D eigenvalue weighted by molar-refractivity contribution is 7.89. The maximum atomic E-state index is 13.0. The standard InChI is InChI=1S/C15H23N5O3S2/c1-10(2)14-16-15(24-18-14)19-6-5-7-20(9-8-19)25(21,22)13-11(3)17-23-12(13)4/h10H,5-9H2,1-4H3. The predicted molar refractivity (Wildman–Crippen MR) is 95.6 cm³/mol. The Bertz CT molecular complexity index is 824. The number of aryl methyl sites for hydroxylation is 2. The average Bonchev–Trinajstić information content (AvgIpc) is 3.07. The molecule has 2 aromatic heterocycles. The number of anilines is 1. The second kappa shape index (κ2) is 7.00. The van der Waals surface area contributed by atoms with E-state index >= 15 is 0 Å². The highest BCUT2D eigenvalue weighted by atomic mass is 32.2. The highest BCUT2D eigenvalue weighted by Gasteiger charge is 2.32. The van der Waals surface area contributed by atoms with Crippen molar-refractivity contribution in [2.75, 3.05) is 31.1 Å². The third-order valence-electron chi connectivity index (χ3n) is 4.24. The first kappa shape index (κ1) is 18.3. The van der Waals surface area contributed by atoms with Crippen molar-refractivity contribution in [3.8, 4) is 0 Å². The number of hydrogen-bond donors (Lipinski definition) is 0. The molecule has 1 aliphatic heterocycles. The third-order valence-corrected chi connectivity index (χ3v) is 7.17. The van der Waals surface area contributed by atoms with E-state index in [0.717, 1.165) is 23.9 Å². The lowest BCUT2D eigenvalue weighted by molar-refractivity contribution is 0.389. The van der Waals surface area contributed by atoms with Crippen molar-refractivity contribution in [3.63, 3.8) is 0 Å². The van der Waals surface area contributed by atoms with Crippen LogP contribution in [0.15, 0.2) is 9.42 Å². The van der Waals surface area contributed by atoms with E-state index in [-0.39, 0.29) is 10.8 Å². The zero-order valence-corrected chi connectivity index (χ0v) is 16.5. The molecule has 10 heteroatoms. The van der Waals surface area contributed by atoms with E-state index in [0.29, 0.717) is 31.1 Å². The summed E-state index contributed by atoms with van der Waals surface area (Å²) in [5, 5.41) is 4.64. The van der Waals surface area contributed by atoms with Crippen LogP contribution < -0.4 is 4.90 Å². The van der Waals surface area contributed by atoms with Crippen molar-refractivity contribution in [2.45, 2.75) is 44.9 Å². The highest BCUT2D eigenvalue weighted by Crippen LogP contribution is 2.26. The summed E-state index contributed by atoms with van der Waals surface area (Å²) in [7, 11) is -3.60. The first-order chi connectivity index (χ1) is 11.8. The van der Waals surface area contributed by atoms with Crippen LogP contribution >= 0.6 is 11.5 Å². The Kier molecular flexibility index (Phi) is 5.12. The largest absolute Gasteiger partial charge is 0.360 e. The number of hydrogen-bond acceptors (Lipinski definition) is 8. The van der Waals surface area contributed by atoms with Gasteiger partial charge in [0.2, 0.25) is 15.2 Å². The van der Waals surface area contributed by atoms with E-state index in [4.69, 9.17) is 4.52 Å². The Morgan fingerprint density at radius 3 is 2.52 bits per heavy atom. The van der Waals surface area contributed by atoms with Gasteiger partial charge in [0.15, 0.2) is 5.76 Å². The van der Waals surface area contributed by atoms with Gasteiger partial charge in [-0.05, 0) is 20.3 Å². The van der Waals surface area contributed by atoms with Gasteiger partial charge in [-0.15, -0.1) is 0 Å². The van der Waals surface area contributed by atoms with Gasteiger partial charge in [0.05, 0.1) is 0 Å². The molecule has 3 heterocycles. The molecule has 0 aliphatic carbocycles. The van der Waals surface area contributed by atoms with E-state index in [9.17, 15) is 8.42 Å². The van der Waals surface area contributed by atoms with Crippen molar-refractivity contribution in [1.29, 1.82) is 0 Å². The molecule has 0 atom stereocenters. The zero-order valence-electron chi connectivity index (χ0n) is 14.9. The van der Waals surface area contributed by atoms with Gasteiger partial charge in [-0.1, -0.05) is 19.0 Å². The molecule has 0 saturated carbocycles. The quantitative estimate of drug-likeness (QED) is 0.796. The molecule has 0 spiro atoms. The first-order valence-corrected chi connectivity index (χ1v) is 10.5. The molecule has 8 nitrogen and oxygen atoms in total. The van der Waals surface area contributed by atoms with Crippen LogP contribution in [-0.2, 0) is 10.0 Å². The molecule has 0 aromatic carbocycles. The molecular weight excluding hydrogens is 362 g/mol. The minimum atomic E-state index is -3.60. The molecule has 25 heavy (non-hydrogen) atoms. The lowest BCUT2D eigenvalue weighted by Gasteiger charge is -2.21. The SMILES string of the molecule is Cc1noc(C)c1S(=O)(=O)N1CCCN(c2nc(C(C)C)ns2)CC1. The molecule has 2 aromatic rings. The molecule has 1 fully saturated rings. The van der Waals surface area contributed by atoms with Crippen LogP contribution in [0.3, 0.4) is 0 Å². The summed E-state index contributed by atoms with van der Waals surface area (Å²) in [6, 6.07) is 0. The molecule has 3 rings (SSSR count). The van der Waals surface area contributed by atoms with E-state index in [2.05, 4.69) is 33.3 Å². The van der Waals surface area contributed by atoms with E-state index in [1.807, 2.05) is 0 Å². The Morgan fingerprint density at radius 1 is 1.16 bits per heavy atom. The van der Waals surface area contributed by atoms with Crippen LogP contribution in [0, 0.1) is 13.8 Å². The van der Waals surface area contributed by atoms with Crippen LogP contribution in [0.2, 0.25) is 0 Å². The van der Waals surface area contributed by atoms with Gasteiger partial charge in [-0.25, -0.2) is 13.4 Å². The molecule has 0 bridgehead atoms. The van der Waals surface area contributed by atoms with Gasteiger partial charge in [-0.3, -0.25) is 0 Å². The van der Waals surface area contributed by atoms with Crippen LogP contribution in [0.5, 0.6) is 0 Å². The average molecular weight is 386 g/mol. The van der Waals surface area contributed by atoms with Gasteiger partial charge < -0.3 is 9.42 Å².